The summed E-state index contributed by atoms with van der Waals surface area (Å²) < 4.78 is 5.12. The quantitative estimate of drug-likeness (QED) is 0.725. The number of nitrogens with zero attached hydrogens (tertiary/aromatic N) is 3. The van der Waals surface area contributed by atoms with Gasteiger partial charge in [-0.1, -0.05) is 0 Å². The fourth-order valence-corrected chi connectivity index (χ4v) is 1.43. The smallest absolute Gasteiger partial charge is 0.410 e. The molecule has 0 saturated heterocycles. The molecule has 0 aromatic rings. The Balaban J connectivity index is 4.47. The summed E-state index contributed by atoms with van der Waals surface area (Å²) >= 11 is 0. The van der Waals surface area contributed by atoms with Crippen molar-refractivity contribution in [2.45, 2.75) is 26.4 Å². The number of likely N-dealkylation sites (N-methyl/N-ethyl adjacent to an activating group) is 3. The molecule has 0 bridgehead atoms. The number of hydrogen-bond acceptors (Lipinski definition) is 5. The van der Waals surface area contributed by atoms with Crippen molar-refractivity contribution in [1.82, 2.24) is 14.7 Å². The summed E-state index contributed by atoms with van der Waals surface area (Å²) in [5, 5.41) is 8.62. The summed E-state index contributed by atoms with van der Waals surface area (Å²) in [6.45, 7) is 4.17. The molecule has 132 valence electrons. The standard InChI is InChI=1S/C14H25N3O6/c1-14(2,3)23-13(22)17(6)8-11(19)15(4)7-10(18)16(5)9-12(20)21/h7-9H2,1-6H3,(H,20,21). The van der Waals surface area contributed by atoms with Gasteiger partial charge in [0.25, 0.3) is 0 Å². The fourth-order valence-electron chi connectivity index (χ4n) is 1.43. The van der Waals surface area contributed by atoms with Gasteiger partial charge in [0.15, 0.2) is 0 Å². The first-order valence-electron chi connectivity index (χ1n) is 6.97. The molecule has 0 saturated carbocycles. The third kappa shape index (κ3) is 8.64. The van der Waals surface area contributed by atoms with E-state index in [9.17, 15) is 19.2 Å². The van der Waals surface area contributed by atoms with Crippen molar-refractivity contribution in [1.29, 1.82) is 0 Å². The van der Waals surface area contributed by atoms with Crippen molar-refractivity contribution in [2.75, 3.05) is 40.8 Å². The number of carbonyl (C=O) groups is 4. The topological polar surface area (TPSA) is 107 Å². The predicted molar refractivity (Wildman–Crippen MR) is 81.8 cm³/mol. The monoisotopic (exact) mass is 331 g/mol. The van der Waals surface area contributed by atoms with Gasteiger partial charge in [0.2, 0.25) is 11.8 Å². The van der Waals surface area contributed by atoms with Crippen molar-refractivity contribution in [3.8, 4) is 0 Å². The zero-order valence-corrected chi connectivity index (χ0v) is 14.5. The Morgan fingerprint density at radius 1 is 0.826 bits per heavy atom. The van der Waals surface area contributed by atoms with Crippen LogP contribution in [0.3, 0.4) is 0 Å². The molecule has 0 radical (unpaired) electrons. The highest BCUT2D eigenvalue weighted by Crippen LogP contribution is 2.09. The van der Waals surface area contributed by atoms with Gasteiger partial charge in [0.1, 0.15) is 18.7 Å². The number of amides is 3. The first-order valence-corrected chi connectivity index (χ1v) is 6.97. The molecule has 1 N–H and O–H groups in total. The van der Waals surface area contributed by atoms with Crippen molar-refractivity contribution in [3.05, 3.63) is 0 Å². The molecular formula is C14H25N3O6. The van der Waals surface area contributed by atoms with Crippen molar-refractivity contribution in [3.63, 3.8) is 0 Å². The Hall–Kier alpha value is -2.32. The fraction of sp³-hybridized carbons (Fsp3) is 0.714. The SMILES string of the molecule is CN(CC(=O)O)C(=O)CN(C)C(=O)CN(C)C(=O)OC(C)(C)C. The van der Waals surface area contributed by atoms with Gasteiger partial charge in [-0.15, -0.1) is 0 Å². The van der Waals surface area contributed by atoms with Gasteiger partial charge in [-0.3, -0.25) is 14.4 Å². The summed E-state index contributed by atoms with van der Waals surface area (Å²) in [7, 11) is 4.15. The van der Waals surface area contributed by atoms with E-state index in [-0.39, 0.29) is 13.1 Å². The molecule has 3 amide bonds. The maximum atomic E-state index is 12.0. The average Bonchev–Trinajstić information content (AvgIpc) is 2.35. The number of hydrogen-bond donors (Lipinski definition) is 1. The van der Waals surface area contributed by atoms with E-state index in [1.54, 1.807) is 20.8 Å². The molecule has 0 aliphatic heterocycles. The number of ether oxygens (including phenoxy) is 1. The van der Waals surface area contributed by atoms with Crippen LogP contribution in [-0.2, 0) is 19.1 Å². The van der Waals surface area contributed by atoms with Crippen molar-refractivity contribution >= 4 is 23.9 Å². The Labute approximate surface area is 135 Å². The van der Waals surface area contributed by atoms with E-state index in [1.165, 1.54) is 21.1 Å². The van der Waals surface area contributed by atoms with E-state index in [2.05, 4.69) is 0 Å². The predicted octanol–water partition coefficient (Wildman–Crippen LogP) is -0.145. The second-order valence-electron chi connectivity index (χ2n) is 6.23. The van der Waals surface area contributed by atoms with Gasteiger partial charge in [0, 0.05) is 21.1 Å². The zero-order chi connectivity index (χ0) is 18.4. The van der Waals surface area contributed by atoms with Crippen LogP contribution in [0.4, 0.5) is 4.79 Å². The number of aliphatic carboxylic acids is 1. The second kappa shape index (κ2) is 8.35. The maximum absolute atomic E-state index is 12.0. The molecule has 0 heterocycles. The van der Waals surface area contributed by atoms with Gasteiger partial charge in [-0.05, 0) is 20.8 Å². The van der Waals surface area contributed by atoms with Crippen LogP contribution in [0.2, 0.25) is 0 Å². The maximum Gasteiger partial charge on any atom is 0.410 e. The van der Waals surface area contributed by atoms with Crippen LogP contribution in [-0.4, -0.2) is 90.1 Å². The molecule has 0 atom stereocenters. The van der Waals surface area contributed by atoms with E-state index < -0.39 is 36.0 Å². The van der Waals surface area contributed by atoms with Gasteiger partial charge in [-0.2, -0.15) is 0 Å². The van der Waals surface area contributed by atoms with Crippen LogP contribution in [0.1, 0.15) is 20.8 Å². The molecule has 0 fully saturated rings. The van der Waals surface area contributed by atoms with E-state index in [0.29, 0.717) is 0 Å². The lowest BCUT2D eigenvalue weighted by molar-refractivity contribution is -0.145. The third-order valence-corrected chi connectivity index (χ3v) is 2.67. The Morgan fingerprint density at radius 3 is 1.61 bits per heavy atom. The minimum atomic E-state index is -1.14. The number of carbonyl (C=O) groups excluding carboxylic acids is 3. The van der Waals surface area contributed by atoms with Crippen molar-refractivity contribution < 1.29 is 29.0 Å². The van der Waals surface area contributed by atoms with E-state index >= 15 is 0 Å². The molecule has 0 aromatic heterocycles. The van der Waals surface area contributed by atoms with Gasteiger partial charge < -0.3 is 24.5 Å². The molecule has 0 aliphatic carbocycles. The molecule has 23 heavy (non-hydrogen) atoms. The number of carboxylic acid groups (broad SMARTS) is 1. The summed E-state index contributed by atoms with van der Waals surface area (Å²) in [5.74, 6) is -2.11. The lowest BCUT2D eigenvalue weighted by atomic mass is 10.2. The van der Waals surface area contributed by atoms with Crippen LogP contribution >= 0.6 is 0 Å². The van der Waals surface area contributed by atoms with Crippen LogP contribution in [0, 0.1) is 0 Å². The van der Waals surface area contributed by atoms with E-state index in [1.807, 2.05) is 0 Å². The summed E-state index contributed by atoms with van der Waals surface area (Å²) in [6.07, 6.45) is -0.645. The number of carboxylic acids is 1. The molecule has 0 unspecified atom stereocenters. The molecule has 0 rings (SSSR count). The second-order valence-corrected chi connectivity index (χ2v) is 6.23. The first kappa shape index (κ1) is 20.7. The van der Waals surface area contributed by atoms with Crippen LogP contribution in [0.15, 0.2) is 0 Å². The minimum absolute atomic E-state index is 0.249. The van der Waals surface area contributed by atoms with Gasteiger partial charge in [0.05, 0.1) is 6.54 Å². The van der Waals surface area contributed by atoms with Crippen molar-refractivity contribution in [2.24, 2.45) is 0 Å². The highest BCUT2D eigenvalue weighted by molar-refractivity contribution is 5.88. The highest BCUT2D eigenvalue weighted by Gasteiger charge is 2.23. The Bertz CT molecular complexity index is 472. The molecular weight excluding hydrogens is 306 g/mol. The first-order chi connectivity index (χ1) is 10.3. The largest absolute Gasteiger partial charge is 0.480 e. The van der Waals surface area contributed by atoms with E-state index in [0.717, 1.165) is 14.7 Å². The van der Waals surface area contributed by atoms with Crippen LogP contribution in [0.25, 0.3) is 0 Å². The van der Waals surface area contributed by atoms with Crippen LogP contribution < -0.4 is 0 Å². The van der Waals surface area contributed by atoms with Gasteiger partial charge >= 0.3 is 12.1 Å². The Morgan fingerprint density at radius 2 is 1.22 bits per heavy atom. The normalized spacial score (nSPS) is 10.7. The molecule has 9 heteroatoms. The highest BCUT2D eigenvalue weighted by atomic mass is 16.6. The summed E-state index contributed by atoms with van der Waals surface area (Å²) in [6, 6.07) is 0. The lowest BCUT2D eigenvalue weighted by Crippen LogP contribution is -2.45. The third-order valence-electron chi connectivity index (χ3n) is 2.67. The molecule has 9 nitrogen and oxygen atoms in total. The average molecular weight is 331 g/mol. The Kier molecular flexibility index (Phi) is 7.51. The zero-order valence-electron chi connectivity index (χ0n) is 14.5. The summed E-state index contributed by atoms with van der Waals surface area (Å²) in [4.78, 5) is 49.3. The lowest BCUT2D eigenvalue weighted by Gasteiger charge is -2.26. The molecule has 0 spiro atoms. The minimum Gasteiger partial charge on any atom is -0.480 e. The summed E-state index contributed by atoms with van der Waals surface area (Å²) in [5.41, 5.74) is -0.671. The van der Waals surface area contributed by atoms with E-state index in [4.69, 9.17) is 9.84 Å². The molecule has 0 aliphatic rings. The number of rotatable bonds is 6. The van der Waals surface area contributed by atoms with Gasteiger partial charge in [-0.25, -0.2) is 4.79 Å². The molecule has 0 aromatic carbocycles. The van der Waals surface area contributed by atoms with Crippen LogP contribution in [0.5, 0.6) is 0 Å².